The van der Waals surface area contributed by atoms with E-state index >= 15 is 0 Å². The van der Waals surface area contributed by atoms with Gasteiger partial charge in [-0.15, -0.1) is 5.10 Å². The van der Waals surface area contributed by atoms with E-state index in [-0.39, 0.29) is 23.6 Å². The molecule has 0 atom stereocenters. The molecule has 0 N–H and O–H groups in total. The van der Waals surface area contributed by atoms with Crippen LogP contribution in [0.2, 0.25) is 0 Å². The number of benzene rings is 2. The maximum absolute atomic E-state index is 14.1. The van der Waals surface area contributed by atoms with E-state index in [2.05, 4.69) is 20.5 Å². The molecule has 2 aromatic carbocycles. The van der Waals surface area contributed by atoms with Gasteiger partial charge in [0.25, 0.3) is 0 Å². The zero-order valence-electron chi connectivity index (χ0n) is 21.6. The number of esters is 1. The Morgan fingerprint density at radius 2 is 1.82 bits per heavy atom. The Kier molecular flexibility index (Phi) is 8.68. The van der Waals surface area contributed by atoms with Crippen molar-refractivity contribution in [2.45, 2.75) is 62.9 Å². The third-order valence-electron chi connectivity index (χ3n) is 7.44. The zero-order chi connectivity index (χ0) is 26.2. The second-order valence-corrected chi connectivity index (χ2v) is 11.1. The second-order valence-electron chi connectivity index (χ2n) is 10.0. The van der Waals surface area contributed by atoms with Crippen molar-refractivity contribution >= 4 is 40.5 Å². The quantitative estimate of drug-likeness (QED) is 0.294. The lowest BCUT2D eigenvalue weighted by atomic mass is 9.79. The van der Waals surface area contributed by atoms with Crippen molar-refractivity contribution in [1.29, 1.82) is 0 Å². The highest BCUT2D eigenvalue weighted by Gasteiger charge is 2.43. The van der Waals surface area contributed by atoms with Crippen molar-refractivity contribution in [2.24, 2.45) is 10.2 Å². The first-order valence-electron chi connectivity index (χ1n) is 13.5. The summed E-state index contributed by atoms with van der Waals surface area (Å²) >= 11 is 1.74. The normalized spacial score (nSPS) is 24.1. The van der Waals surface area contributed by atoms with Crippen LogP contribution in [0.5, 0.6) is 0 Å². The lowest BCUT2D eigenvalue weighted by Crippen LogP contribution is -2.57. The number of rotatable bonds is 2. The number of carbonyl (C=O) groups excluding carboxylic acids is 2. The predicted molar refractivity (Wildman–Crippen MR) is 148 cm³/mol. The summed E-state index contributed by atoms with van der Waals surface area (Å²) in [5.74, 6) is 1.34. The fourth-order valence-electron chi connectivity index (χ4n) is 5.32. The number of hydrogen-bond donors (Lipinski definition) is 0. The predicted octanol–water partition coefficient (Wildman–Crippen LogP) is 6.02. The van der Waals surface area contributed by atoms with Crippen molar-refractivity contribution in [1.82, 2.24) is 19.9 Å². The maximum Gasteiger partial charge on any atom is 0.347 e. The number of aromatic nitrogens is 3. The van der Waals surface area contributed by atoms with Gasteiger partial charge in [-0.3, -0.25) is 4.79 Å². The van der Waals surface area contributed by atoms with E-state index in [1.807, 2.05) is 59.5 Å². The SMILES string of the molecule is O=C1CCCCCN(C(=O)n2nnc3ccccc32)C2(CCC(N=Nc3ccccc3)CC2)CSCCO1. The summed E-state index contributed by atoms with van der Waals surface area (Å²) in [5.41, 5.74) is 1.93. The molecule has 2 aliphatic rings. The monoisotopic (exact) mass is 534 g/mol. The molecule has 0 unspecified atom stereocenters. The molecule has 1 aromatic heterocycles. The van der Waals surface area contributed by atoms with Crippen molar-refractivity contribution in [3.63, 3.8) is 0 Å². The summed E-state index contributed by atoms with van der Waals surface area (Å²) < 4.78 is 6.87. The average Bonchev–Trinajstić information content (AvgIpc) is 3.39. The van der Waals surface area contributed by atoms with Gasteiger partial charge in [0.2, 0.25) is 0 Å². The van der Waals surface area contributed by atoms with E-state index in [1.165, 1.54) is 4.68 Å². The minimum absolute atomic E-state index is 0.125. The lowest BCUT2D eigenvalue weighted by Gasteiger charge is -2.47. The van der Waals surface area contributed by atoms with Gasteiger partial charge < -0.3 is 9.64 Å². The number of para-hydroxylation sites is 1. The van der Waals surface area contributed by atoms with Crippen LogP contribution in [0, 0.1) is 0 Å². The highest BCUT2D eigenvalue weighted by molar-refractivity contribution is 7.99. The average molecular weight is 535 g/mol. The highest BCUT2D eigenvalue weighted by Crippen LogP contribution is 2.39. The van der Waals surface area contributed by atoms with Crippen LogP contribution in [0.4, 0.5) is 10.5 Å². The van der Waals surface area contributed by atoms with E-state index in [0.717, 1.165) is 56.4 Å². The Labute approximate surface area is 227 Å². The molecular weight excluding hydrogens is 500 g/mol. The first-order chi connectivity index (χ1) is 18.6. The fraction of sp³-hybridized carbons (Fsp3) is 0.500. The van der Waals surface area contributed by atoms with Gasteiger partial charge >= 0.3 is 12.0 Å². The summed E-state index contributed by atoms with van der Waals surface area (Å²) in [7, 11) is 0. The van der Waals surface area contributed by atoms with E-state index in [1.54, 1.807) is 11.8 Å². The molecule has 3 aromatic rings. The number of hydrogen-bond acceptors (Lipinski definition) is 8. The Morgan fingerprint density at radius 1 is 1.03 bits per heavy atom. The fourth-order valence-corrected chi connectivity index (χ4v) is 6.49. The molecule has 1 amide bonds. The first kappa shape index (κ1) is 26.3. The van der Waals surface area contributed by atoms with E-state index in [9.17, 15) is 9.59 Å². The molecule has 2 heterocycles. The molecule has 1 saturated heterocycles. The minimum atomic E-state index is -0.342. The molecule has 38 heavy (non-hydrogen) atoms. The molecule has 0 radical (unpaired) electrons. The van der Waals surface area contributed by atoms with Gasteiger partial charge in [-0.1, -0.05) is 42.0 Å². The van der Waals surface area contributed by atoms with Gasteiger partial charge in [0.05, 0.1) is 22.8 Å². The topological polar surface area (TPSA) is 102 Å². The number of azo groups is 1. The number of fused-ring (bicyclic) bond motifs is 1. The van der Waals surface area contributed by atoms with Crippen LogP contribution < -0.4 is 0 Å². The van der Waals surface area contributed by atoms with Crippen LogP contribution in [0.1, 0.15) is 51.4 Å². The number of cyclic esters (lactones) is 1. The van der Waals surface area contributed by atoms with E-state index in [0.29, 0.717) is 36.4 Å². The smallest absolute Gasteiger partial charge is 0.347 e. The largest absolute Gasteiger partial charge is 0.465 e. The lowest BCUT2D eigenvalue weighted by molar-refractivity contribution is -0.143. The van der Waals surface area contributed by atoms with Crippen LogP contribution in [0.15, 0.2) is 64.8 Å². The summed E-state index contributed by atoms with van der Waals surface area (Å²) in [6.45, 7) is 1.01. The van der Waals surface area contributed by atoms with Crippen LogP contribution in [0.25, 0.3) is 11.0 Å². The Bertz CT molecular complexity index is 1260. The molecule has 10 heteroatoms. The summed E-state index contributed by atoms with van der Waals surface area (Å²) in [4.78, 5) is 28.2. The number of ether oxygens (including phenoxy) is 1. The number of amides is 1. The molecule has 2 fully saturated rings. The van der Waals surface area contributed by atoms with Gasteiger partial charge in [0, 0.05) is 24.5 Å². The summed E-state index contributed by atoms with van der Waals surface area (Å²) in [6.07, 6.45) is 6.22. The van der Waals surface area contributed by atoms with Gasteiger partial charge in [-0.25, -0.2) is 4.79 Å². The number of nitrogens with zero attached hydrogens (tertiary/aromatic N) is 6. The third kappa shape index (κ3) is 6.23. The molecule has 1 aliphatic carbocycles. The van der Waals surface area contributed by atoms with Crippen molar-refractivity contribution in [2.75, 3.05) is 24.7 Å². The molecule has 5 rings (SSSR count). The van der Waals surface area contributed by atoms with Gasteiger partial charge in [-0.2, -0.15) is 26.7 Å². The number of thioether (sulfide) groups is 1. The maximum atomic E-state index is 14.1. The van der Waals surface area contributed by atoms with Crippen molar-refractivity contribution in [3.8, 4) is 0 Å². The van der Waals surface area contributed by atoms with E-state index < -0.39 is 0 Å². The molecule has 200 valence electrons. The van der Waals surface area contributed by atoms with Crippen molar-refractivity contribution in [3.05, 3.63) is 54.6 Å². The standard InChI is InChI=1S/C28H34N6O3S/c35-26-13-5-2-8-18-33(27(36)34-25-12-7-6-11-24(25)31-32-34)28(21-38-20-19-37-26)16-14-23(15-17-28)30-29-22-9-3-1-4-10-22/h1,3-4,6-7,9-12,23H,2,5,8,13-21H2. The van der Waals surface area contributed by atoms with Crippen LogP contribution in [0.3, 0.4) is 0 Å². The Hall–Kier alpha value is -3.27. The van der Waals surface area contributed by atoms with Crippen LogP contribution >= 0.6 is 11.8 Å². The Morgan fingerprint density at radius 3 is 2.66 bits per heavy atom. The summed E-state index contributed by atoms with van der Waals surface area (Å²) in [6, 6.07) is 17.4. The number of carbonyl (C=O) groups is 2. The van der Waals surface area contributed by atoms with Crippen LogP contribution in [-0.2, 0) is 9.53 Å². The molecule has 1 saturated carbocycles. The molecular formula is C28H34N6O3S. The van der Waals surface area contributed by atoms with E-state index in [4.69, 9.17) is 4.74 Å². The highest BCUT2D eigenvalue weighted by atomic mass is 32.2. The molecule has 1 aliphatic heterocycles. The minimum Gasteiger partial charge on any atom is -0.465 e. The van der Waals surface area contributed by atoms with Gasteiger partial charge in [-0.05, 0) is 62.8 Å². The Balaban J connectivity index is 1.40. The molecule has 1 spiro atoms. The van der Waals surface area contributed by atoms with Crippen LogP contribution in [-0.4, -0.2) is 68.1 Å². The molecule has 0 bridgehead atoms. The van der Waals surface area contributed by atoms with Gasteiger partial charge in [0.1, 0.15) is 12.1 Å². The van der Waals surface area contributed by atoms with Crippen molar-refractivity contribution < 1.29 is 14.3 Å². The zero-order valence-corrected chi connectivity index (χ0v) is 22.4. The summed E-state index contributed by atoms with van der Waals surface area (Å²) in [5, 5.41) is 17.6. The second kappa shape index (κ2) is 12.5. The first-order valence-corrected chi connectivity index (χ1v) is 14.6. The molecule has 9 nitrogen and oxygen atoms in total. The third-order valence-corrected chi connectivity index (χ3v) is 8.64. The van der Waals surface area contributed by atoms with Gasteiger partial charge in [0.15, 0.2) is 0 Å².